The summed E-state index contributed by atoms with van der Waals surface area (Å²) in [6.07, 6.45) is 0. The van der Waals surface area contributed by atoms with E-state index in [9.17, 15) is 13.2 Å². The Morgan fingerprint density at radius 2 is 1.67 bits per heavy atom. The quantitative estimate of drug-likeness (QED) is 0.474. The number of ether oxygens (including phenoxy) is 1. The van der Waals surface area contributed by atoms with Crippen LogP contribution in [-0.2, 0) is 21.4 Å². The molecular formula is C25H27ClN2O4S. The monoisotopic (exact) mass is 486 g/mol. The third kappa shape index (κ3) is 6.35. The summed E-state index contributed by atoms with van der Waals surface area (Å²) in [7, 11) is -2.35. The van der Waals surface area contributed by atoms with Crippen LogP contribution in [0.2, 0.25) is 5.02 Å². The number of amides is 1. The van der Waals surface area contributed by atoms with Crippen LogP contribution < -0.4 is 10.1 Å². The number of halogens is 1. The summed E-state index contributed by atoms with van der Waals surface area (Å²) in [6, 6.07) is 20.6. The molecule has 0 aliphatic heterocycles. The first kappa shape index (κ1) is 24.8. The van der Waals surface area contributed by atoms with E-state index < -0.39 is 15.9 Å². The number of hydrogen-bond donors (Lipinski definition) is 1. The van der Waals surface area contributed by atoms with Crippen molar-refractivity contribution in [1.82, 2.24) is 9.62 Å². The number of nitrogens with zero attached hydrogens (tertiary/aromatic N) is 1. The maximum absolute atomic E-state index is 13.4. The van der Waals surface area contributed by atoms with E-state index in [4.69, 9.17) is 16.3 Å². The van der Waals surface area contributed by atoms with Crippen LogP contribution in [0.3, 0.4) is 0 Å². The Bertz CT molecular complexity index is 1200. The summed E-state index contributed by atoms with van der Waals surface area (Å²) >= 11 is 6.28. The highest BCUT2D eigenvalue weighted by atomic mass is 35.5. The summed E-state index contributed by atoms with van der Waals surface area (Å²) in [5.41, 5.74) is 2.44. The van der Waals surface area contributed by atoms with Crippen molar-refractivity contribution in [1.29, 1.82) is 0 Å². The van der Waals surface area contributed by atoms with Crippen molar-refractivity contribution < 1.29 is 17.9 Å². The van der Waals surface area contributed by atoms with Gasteiger partial charge >= 0.3 is 0 Å². The van der Waals surface area contributed by atoms with E-state index in [1.807, 2.05) is 38.1 Å². The van der Waals surface area contributed by atoms with Crippen molar-refractivity contribution in [3.05, 3.63) is 94.5 Å². The zero-order valence-corrected chi connectivity index (χ0v) is 20.4. The van der Waals surface area contributed by atoms with E-state index >= 15 is 0 Å². The van der Waals surface area contributed by atoms with E-state index in [-0.39, 0.29) is 24.0 Å². The van der Waals surface area contributed by atoms with Crippen molar-refractivity contribution in [2.24, 2.45) is 0 Å². The van der Waals surface area contributed by atoms with Gasteiger partial charge in [-0.25, -0.2) is 8.42 Å². The van der Waals surface area contributed by atoms with Gasteiger partial charge in [0.25, 0.3) is 0 Å². The van der Waals surface area contributed by atoms with Gasteiger partial charge in [0.15, 0.2) is 0 Å². The molecule has 8 heteroatoms. The molecule has 3 aromatic rings. The topological polar surface area (TPSA) is 75.7 Å². The van der Waals surface area contributed by atoms with Gasteiger partial charge in [-0.05, 0) is 55.3 Å². The number of hydrogen-bond acceptors (Lipinski definition) is 4. The Balaban J connectivity index is 1.83. The highest BCUT2D eigenvalue weighted by Gasteiger charge is 2.28. The zero-order chi connectivity index (χ0) is 24.0. The van der Waals surface area contributed by atoms with E-state index in [1.54, 1.807) is 55.6 Å². The molecule has 3 rings (SSSR count). The molecule has 0 heterocycles. The number of carbonyl (C=O) groups excluding carboxylic acids is 1. The van der Waals surface area contributed by atoms with Crippen molar-refractivity contribution in [2.45, 2.75) is 31.3 Å². The molecular weight excluding hydrogens is 460 g/mol. The molecule has 1 N–H and O–H groups in total. The van der Waals surface area contributed by atoms with Crippen molar-refractivity contribution in [3.63, 3.8) is 0 Å². The fraction of sp³-hybridized carbons (Fsp3) is 0.240. The molecule has 0 aliphatic carbocycles. The Morgan fingerprint density at radius 1 is 1.03 bits per heavy atom. The standard InChI is InChI=1S/C25H27ClN2O4S/c1-18-8-14-23(15-9-18)33(30,31)28(16-21-6-4-5-7-24(21)26)17-25(29)27-19(2)20-10-12-22(32-3)13-11-20/h4-15,19H,16-17H2,1-3H3,(H,27,29)/t19-/m1/s1. The molecule has 174 valence electrons. The van der Waals surface area contributed by atoms with Crippen LogP contribution in [0.25, 0.3) is 0 Å². The lowest BCUT2D eigenvalue weighted by atomic mass is 10.1. The third-order valence-electron chi connectivity index (χ3n) is 5.28. The molecule has 1 amide bonds. The Labute approximate surface area is 200 Å². The Hall–Kier alpha value is -2.87. The second-order valence-corrected chi connectivity index (χ2v) is 10.1. The Kier molecular flexibility index (Phi) is 8.13. The molecule has 6 nitrogen and oxygen atoms in total. The number of methoxy groups -OCH3 is 1. The number of carbonyl (C=O) groups is 1. The number of sulfonamides is 1. The SMILES string of the molecule is COc1ccc([C@@H](C)NC(=O)CN(Cc2ccccc2Cl)S(=O)(=O)c2ccc(C)cc2)cc1. The first-order chi connectivity index (χ1) is 15.7. The van der Waals surface area contributed by atoms with Crippen LogP contribution in [0, 0.1) is 6.92 Å². The summed E-state index contributed by atoms with van der Waals surface area (Å²) < 4.78 is 33.1. The summed E-state index contributed by atoms with van der Waals surface area (Å²) in [4.78, 5) is 13.0. The third-order valence-corrected chi connectivity index (χ3v) is 7.45. The fourth-order valence-electron chi connectivity index (χ4n) is 3.33. The lowest BCUT2D eigenvalue weighted by Gasteiger charge is -2.24. The molecule has 0 saturated heterocycles. The van der Waals surface area contributed by atoms with E-state index in [0.717, 1.165) is 15.4 Å². The normalized spacial score (nSPS) is 12.4. The van der Waals surface area contributed by atoms with E-state index in [0.29, 0.717) is 16.3 Å². The predicted octanol–water partition coefficient (Wildman–Crippen LogP) is 4.73. The zero-order valence-electron chi connectivity index (χ0n) is 18.8. The molecule has 0 aliphatic rings. The molecule has 33 heavy (non-hydrogen) atoms. The van der Waals surface area contributed by atoms with Crippen LogP contribution in [0.5, 0.6) is 5.75 Å². The maximum atomic E-state index is 13.4. The first-order valence-electron chi connectivity index (χ1n) is 10.4. The van der Waals surface area contributed by atoms with Gasteiger partial charge in [0.05, 0.1) is 24.6 Å². The smallest absolute Gasteiger partial charge is 0.243 e. The van der Waals surface area contributed by atoms with Crippen LogP contribution in [0.1, 0.15) is 29.7 Å². The highest BCUT2D eigenvalue weighted by molar-refractivity contribution is 7.89. The highest BCUT2D eigenvalue weighted by Crippen LogP contribution is 2.23. The van der Waals surface area contributed by atoms with Crippen LogP contribution in [0.15, 0.2) is 77.7 Å². The van der Waals surface area contributed by atoms with Gasteiger partial charge in [0, 0.05) is 11.6 Å². The minimum atomic E-state index is -3.94. The van der Waals surface area contributed by atoms with Gasteiger partial charge in [-0.15, -0.1) is 0 Å². The van der Waals surface area contributed by atoms with Crippen molar-refractivity contribution in [2.75, 3.05) is 13.7 Å². The van der Waals surface area contributed by atoms with Gasteiger partial charge in [0.1, 0.15) is 5.75 Å². The first-order valence-corrected chi connectivity index (χ1v) is 12.3. The van der Waals surface area contributed by atoms with Crippen molar-refractivity contribution in [3.8, 4) is 5.75 Å². The maximum Gasteiger partial charge on any atom is 0.243 e. The molecule has 3 aromatic carbocycles. The molecule has 1 atom stereocenters. The second kappa shape index (κ2) is 10.8. The molecule has 0 fully saturated rings. The summed E-state index contributed by atoms with van der Waals surface area (Å²) in [5.74, 6) is 0.299. The molecule has 0 aromatic heterocycles. The fourth-order valence-corrected chi connectivity index (χ4v) is 4.89. The molecule has 0 saturated carbocycles. The van der Waals surface area contributed by atoms with Gasteiger partial charge in [-0.2, -0.15) is 4.31 Å². The van der Waals surface area contributed by atoms with Crippen LogP contribution >= 0.6 is 11.6 Å². The largest absolute Gasteiger partial charge is 0.497 e. The average molecular weight is 487 g/mol. The van der Waals surface area contributed by atoms with Gasteiger partial charge in [0.2, 0.25) is 15.9 Å². The summed E-state index contributed by atoms with van der Waals surface area (Å²) in [5, 5.41) is 3.32. The molecule has 0 bridgehead atoms. The molecule has 0 radical (unpaired) electrons. The minimum Gasteiger partial charge on any atom is -0.497 e. The predicted molar refractivity (Wildman–Crippen MR) is 130 cm³/mol. The van der Waals surface area contributed by atoms with E-state index in [2.05, 4.69) is 5.32 Å². The lowest BCUT2D eigenvalue weighted by molar-refractivity contribution is -0.122. The number of aryl methyl sites for hydroxylation is 1. The minimum absolute atomic E-state index is 0.0276. The second-order valence-electron chi connectivity index (χ2n) is 7.74. The lowest BCUT2D eigenvalue weighted by Crippen LogP contribution is -2.41. The van der Waals surface area contributed by atoms with Crippen molar-refractivity contribution >= 4 is 27.5 Å². The van der Waals surface area contributed by atoms with Gasteiger partial charge < -0.3 is 10.1 Å². The number of nitrogens with one attached hydrogen (secondary N) is 1. The van der Waals surface area contributed by atoms with Gasteiger partial charge in [-0.3, -0.25) is 4.79 Å². The van der Waals surface area contributed by atoms with Gasteiger partial charge in [-0.1, -0.05) is 59.6 Å². The average Bonchev–Trinajstić information content (AvgIpc) is 2.80. The molecule has 0 spiro atoms. The Morgan fingerprint density at radius 3 is 2.27 bits per heavy atom. The summed E-state index contributed by atoms with van der Waals surface area (Å²) in [6.45, 7) is 3.35. The number of rotatable bonds is 9. The van der Waals surface area contributed by atoms with E-state index in [1.165, 1.54) is 0 Å². The number of benzene rings is 3. The van der Waals surface area contributed by atoms with Crippen LogP contribution in [0.4, 0.5) is 0 Å². The molecule has 0 unspecified atom stereocenters. The van der Waals surface area contributed by atoms with Crippen LogP contribution in [-0.4, -0.2) is 32.3 Å².